The third-order valence-corrected chi connectivity index (χ3v) is 6.53. The summed E-state index contributed by atoms with van der Waals surface area (Å²) >= 11 is 5.99. The minimum atomic E-state index is -3.57. The molecule has 2 aromatic rings. The van der Waals surface area contributed by atoms with Crippen molar-refractivity contribution in [3.63, 3.8) is 0 Å². The monoisotopic (exact) mass is 479 g/mol. The minimum absolute atomic E-state index is 0.119. The predicted molar refractivity (Wildman–Crippen MR) is 127 cm³/mol. The largest absolute Gasteiger partial charge is 0.354 e. The molecule has 0 saturated heterocycles. The number of unbranched alkanes of at least 4 members (excludes halogenated alkanes) is 1. The second-order valence-corrected chi connectivity index (χ2v) is 10.2. The number of halogens is 1. The zero-order valence-electron chi connectivity index (χ0n) is 18.6. The molecule has 0 aliphatic heterocycles. The van der Waals surface area contributed by atoms with E-state index in [2.05, 4.69) is 5.32 Å². The lowest BCUT2D eigenvalue weighted by Gasteiger charge is -2.32. The molecule has 1 unspecified atom stereocenters. The number of sulfonamides is 1. The number of rotatable bonds is 11. The van der Waals surface area contributed by atoms with E-state index in [1.807, 2.05) is 13.0 Å². The molecule has 7 nitrogen and oxygen atoms in total. The maximum absolute atomic E-state index is 13.3. The quantitative estimate of drug-likeness (QED) is 0.501. The predicted octanol–water partition coefficient (Wildman–Crippen LogP) is 3.22. The average Bonchev–Trinajstić information content (AvgIpc) is 2.75. The highest BCUT2D eigenvalue weighted by molar-refractivity contribution is 7.88. The SMILES string of the molecule is CCCCNC(=O)C(c1ccccc1)N(Cc1ccc(Cl)cc1)C(=O)CN(C)S(C)(=O)=O. The van der Waals surface area contributed by atoms with Crippen molar-refractivity contribution in [2.24, 2.45) is 0 Å². The van der Waals surface area contributed by atoms with Crippen LogP contribution < -0.4 is 5.32 Å². The number of carbonyl (C=O) groups excluding carboxylic acids is 2. The van der Waals surface area contributed by atoms with Crippen LogP contribution in [0.1, 0.15) is 36.9 Å². The summed E-state index contributed by atoms with van der Waals surface area (Å²) < 4.78 is 24.8. The van der Waals surface area contributed by atoms with Crippen molar-refractivity contribution in [2.45, 2.75) is 32.4 Å². The molecule has 0 aromatic heterocycles. The Kier molecular flexibility index (Phi) is 9.68. The lowest BCUT2D eigenvalue weighted by molar-refractivity contribution is -0.141. The number of carbonyl (C=O) groups is 2. The van der Waals surface area contributed by atoms with Crippen LogP contribution in [0.5, 0.6) is 0 Å². The van der Waals surface area contributed by atoms with Gasteiger partial charge < -0.3 is 10.2 Å². The molecule has 32 heavy (non-hydrogen) atoms. The van der Waals surface area contributed by atoms with Gasteiger partial charge in [0.1, 0.15) is 6.04 Å². The zero-order chi connectivity index (χ0) is 23.7. The fraction of sp³-hybridized carbons (Fsp3) is 0.391. The third kappa shape index (κ3) is 7.62. The molecule has 0 radical (unpaired) electrons. The number of nitrogens with zero attached hydrogens (tertiary/aromatic N) is 2. The molecule has 0 aliphatic rings. The smallest absolute Gasteiger partial charge is 0.247 e. The van der Waals surface area contributed by atoms with Gasteiger partial charge in [-0.05, 0) is 29.7 Å². The van der Waals surface area contributed by atoms with E-state index in [0.29, 0.717) is 17.1 Å². The van der Waals surface area contributed by atoms with Gasteiger partial charge in [0.2, 0.25) is 21.8 Å². The Labute approximate surface area is 195 Å². The van der Waals surface area contributed by atoms with Crippen molar-refractivity contribution in [1.29, 1.82) is 0 Å². The second kappa shape index (κ2) is 12.0. The van der Waals surface area contributed by atoms with Crippen LogP contribution in [-0.2, 0) is 26.2 Å². The first-order chi connectivity index (χ1) is 15.1. The molecule has 0 fully saturated rings. The number of hydrogen-bond donors (Lipinski definition) is 1. The van der Waals surface area contributed by atoms with Gasteiger partial charge in [0.05, 0.1) is 12.8 Å². The Hall–Kier alpha value is -2.42. The van der Waals surface area contributed by atoms with E-state index in [1.165, 1.54) is 11.9 Å². The van der Waals surface area contributed by atoms with Crippen molar-refractivity contribution < 1.29 is 18.0 Å². The van der Waals surface area contributed by atoms with Crippen LogP contribution >= 0.6 is 11.6 Å². The van der Waals surface area contributed by atoms with E-state index in [4.69, 9.17) is 11.6 Å². The first-order valence-electron chi connectivity index (χ1n) is 10.4. The Balaban J connectivity index is 2.45. The first-order valence-corrected chi connectivity index (χ1v) is 12.6. The zero-order valence-corrected chi connectivity index (χ0v) is 20.2. The lowest BCUT2D eigenvalue weighted by Crippen LogP contribution is -2.47. The molecule has 0 bridgehead atoms. The highest BCUT2D eigenvalue weighted by atomic mass is 35.5. The summed E-state index contributed by atoms with van der Waals surface area (Å²) in [6, 6.07) is 15.1. The second-order valence-electron chi connectivity index (χ2n) is 7.62. The van der Waals surface area contributed by atoms with Gasteiger partial charge in [0.15, 0.2) is 0 Å². The van der Waals surface area contributed by atoms with Gasteiger partial charge in [-0.1, -0.05) is 67.4 Å². The van der Waals surface area contributed by atoms with Gasteiger partial charge in [0, 0.05) is 25.2 Å². The van der Waals surface area contributed by atoms with E-state index in [1.54, 1.807) is 48.5 Å². The molecule has 174 valence electrons. The standard InChI is InChI=1S/C23H30ClN3O4S/c1-4-5-15-25-23(29)22(19-9-7-6-8-10-19)27(16-18-11-13-20(24)14-12-18)21(28)17-26(2)32(3,30)31/h6-14,22H,4-5,15-17H2,1-3H3,(H,25,29). The Bertz CT molecular complexity index is 998. The van der Waals surface area contributed by atoms with Crippen molar-refractivity contribution >= 4 is 33.4 Å². The summed E-state index contributed by atoms with van der Waals surface area (Å²) in [7, 11) is -2.23. The van der Waals surface area contributed by atoms with Crippen LogP contribution in [-0.4, -0.2) is 55.8 Å². The van der Waals surface area contributed by atoms with Gasteiger partial charge in [-0.15, -0.1) is 0 Å². The number of nitrogens with one attached hydrogen (secondary N) is 1. The van der Waals surface area contributed by atoms with Crippen molar-refractivity contribution in [1.82, 2.24) is 14.5 Å². The van der Waals surface area contributed by atoms with Gasteiger partial charge in [-0.3, -0.25) is 9.59 Å². The number of benzene rings is 2. The maximum Gasteiger partial charge on any atom is 0.247 e. The summed E-state index contributed by atoms with van der Waals surface area (Å²) in [6.07, 6.45) is 2.77. The highest BCUT2D eigenvalue weighted by Gasteiger charge is 2.32. The number of amides is 2. The summed E-state index contributed by atoms with van der Waals surface area (Å²) in [6.45, 7) is 2.26. The molecular formula is C23H30ClN3O4S. The van der Waals surface area contributed by atoms with Crippen LogP contribution in [0, 0.1) is 0 Å². The molecule has 2 rings (SSSR count). The summed E-state index contributed by atoms with van der Waals surface area (Å²) in [5.41, 5.74) is 1.41. The van der Waals surface area contributed by atoms with Gasteiger partial charge >= 0.3 is 0 Å². The first kappa shape index (κ1) is 25.8. The van der Waals surface area contributed by atoms with Crippen LogP contribution in [0.4, 0.5) is 0 Å². The average molecular weight is 480 g/mol. The Morgan fingerprint density at radius 3 is 2.25 bits per heavy atom. The molecule has 2 aromatic carbocycles. The van der Waals surface area contributed by atoms with Crippen LogP contribution in [0.2, 0.25) is 5.02 Å². The van der Waals surface area contributed by atoms with Crippen molar-refractivity contribution in [2.75, 3.05) is 26.4 Å². The van der Waals surface area contributed by atoms with Crippen molar-refractivity contribution in [3.8, 4) is 0 Å². The summed E-state index contributed by atoms with van der Waals surface area (Å²) in [4.78, 5) is 28.0. The van der Waals surface area contributed by atoms with E-state index < -0.39 is 22.0 Å². The molecule has 2 amide bonds. The number of likely N-dealkylation sites (N-methyl/N-ethyl adjacent to an activating group) is 1. The summed E-state index contributed by atoms with van der Waals surface area (Å²) in [5, 5.41) is 3.47. The highest BCUT2D eigenvalue weighted by Crippen LogP contribution is 2.25. The van der Waals surface area contributed by atoms with Gasteiger partial charge in [0.25, 0.3) is 0 Å². The molecule has 1 N–H and O–H groups in total. The molecule has 9 heteroatoms. The van der Waals surface area contributed by atoms with E-state index >= 15 is 0 Å². The minimum Gasteiger partial charge on any atom is -0.354 e. The van der Waals surface area contributed by atoms with Crippen LogP contribution in [0.3, 0.4) is 0 Å². The molecule has 0 heterocycles. The van der Waals surface area contributed by atoms with E-state index in [-0.39, 0.29) is 19.0 Å². The molecule has 0 spiro atoms. The van der Waals surface area contributed by atoms with Gasteiger partial charge in [-0.2, -0.15) is 4.31 Å². The number of hydrogen-bond acceptors (Lipinski definition) is 4. The van der Waals surface area contributed by atoms with E-state index in [9.17, 15) is 18.0 Å². The third-order valence-electron chi connectivity index (χ3n) is 5.02. The maximum atomic E-state index is 13.3. The molecule has 0 aliphatic carbocycles. The van der Waals surface area contributed by atoms with Crippen molar-refractivity contribution in [3.05, 3.63) is 70.7 Å². The Morgan fingerprint density at radius 2 is 1.69 bits per heavy atom. The van der Waals surface area contributed by atoms with Crippen LogP contribution in [0.25, 0.3) is 0 Å². The molecule has 0 saturated carbocycles. The molecular weight excluding hydrogens is 450 g/mol. The lowest BCUT2D eigenvalue weighted by atomic mass is 10.0. The molecule has 1 atom stereocenters. The normalized spacial score (nSPS) is 12.4. The topological polar surface area (TPSA) is 86.8 Å². The fourth-order valence-corrected chi connectivity index (χ4v) is 3.57. The fourth-order valence-electron chi connectivity index (χ4n) is 3.10. The van der Waals surface area contributed by atoms with E-state index in [0.717, 1.165) is 29.0 Å². The summed E-state index contributed by atoms with van der Waals surface area (Å²) in [5.74, 6) is -0.790. The van der Waals surface area contributed by atoms with Gasteiger partial charge in [-0.25, -0.2) is 8.42 Å². The van der Waals surface area contributed by atoms with Crippen LogP contribution in [0.15, 0.2) is 54.6 Å². The Morgan fingerprint density at radius 1 is 1.06 bits per heavy atom.